The van der Waals surface area contributed by atoms with E-state index in [2.05, 4.69) is 34.2 Å². The summed E-state index contributed by atoms with van der Waals surface area (Å²) in [7, 11) is 0. The van der Waals surface area contributed by atoms with Crippen LogP contribution >= 0.6 is 0 Å². The molecule has 1 N–H and O–H groups in total. The zero-order valence-electron chi connectivity index (χ0n) is 17.0. The second-order valence-corrected chi connectivity index (χ2v) is 7.29. The molecule has 0 spiro atoms. The van der Waals surface area contributed by atoms with Crippen LogP contribution in [-0.2, 0) is 6.42 Å². The molecule has 0 atom stereocenters. The summed E-state index contributed by atoms with van der Waals surface area (Å²) >= 11 is 0. The van der Waals surface area contributed by atoms with E-state index in [1.54, 1.807) is 6.92 Å². The first-order valence-corrected chi connectivity index (χ1v) is 9.96. The van der Waals surface area contributed by atoms with E-state index in [9.17, 15) is 9.59 Å². The van der Waals surface area contributed by atoms with Crippen molar-refractivity contribution in [3.63, 3.8) is 0 Å². The Hall–Kier alpha value is -2.66. The molecule has 0 saturated carbocycles. The van der Waals surface area contributed by atoms with E-state index in [0.29, 0.717) is 30.8 Å². The standard InChI is InChI=1S/C23H29N3O2/c1-4-20-21(18(3)27)17(2)24-22(20)23(28)26-15-13-25(14-16-26)12-8-11-19-9-6-5-7-10-19/h5-11,24H,4,12-16H2,1-3H3/b11-8+. The van der Waals surface area contributed by atoms with Crippen LogP contribution in [0.4, 0.5) is 0 Å². The molecule has 1 fully saturated rings. The predicted octanol–water partition coefficient (Wildman–Crippen LogP) is 3.56. The molecule has 2 heterocycles. The van der Waals surface area contributed by atoms with Gasteiger partial charge in [-0.15, -0.1) is 0 Å². The highest BCUT2D eigenvalue weighted by molar-refractivity contribution is 6.02. The number of benzene rings is 1. The normalized spacial score (nSPS) is 15.3. The van der Waals surface area contributed by atoms with Gasteiger partial charge in [-0.25, -0.2) is 0 Å². The quantitative estimate of drug-likeness (QED) is 0.781. The van der Waals surface area contributed by atoms with E-state index in [-0.39, 0.29) is 11.7 Å². The van der Waals surface area contributed by atoms with Crippen LogP contribution in [0.2, 0.25) is 0 Å². The number of nitrogens with one attached hydrogen (secondary N) is 1. The number of carbonyl (C=O) groups is 2. The molecule has 0 radical (unpaired) electrons. The van der Waals surface area contributed by atoms with Gasteiger partial charge in [0.25, 0.3) is 5.91 Å². The van der Waals surface area contributed by atoms with Gasteiger partial charge in [0.05, 0.1) is 0 Å². The molecule has 5 nitrogen and oxygen atoms in total. The van der Waals surface area contributed by atoms with Crippen LogP contribution in [0.5, 0.6) is 0 Å². The third-order valence-electron chi connectivity index (χ3n) is 5.34. The van der Waals surface area contributed by atoms with Gasteiger partial charge in [0.2, 0.25) is 0 Å². The van der Waals surface area contributed by atoms with Crippen LogP contribution in [0.25, 0.3) is 6.08 Å². The molecular weight excluding hydrogens is 350 g/mol. The smallest absolute Gasteiger partial charge is 0.270 e. The number of rotatable bonds is 6. The number of amides is 1. The lowest BCUT2D eigenvalue weighted by Crippen LogP contribution is -2.48. The van der Waals surface area contributed by atoms with Crippen molar-refractivity contribution < 1.29 is 9.59 Å². The van der Waals surface area contributed by atoms with Gasteiger partial charge in [0.1, 0.15) is 5.69 Å². The summed E-state index contributed by atoms with van der Waals surface area (Å²) in [5.41, 5.74) is 4.10. The Kier molecular flexibility index (Phi) is 6.47. The molecule has 2 aromatic rings. The number of hydrogen-bond donors (Lipinski definition) is 1. The molecule has 1 aromatic carbocycles. The third kappa shape index (κ3) is 4.42. The lowest BCUT2D eigenvalue weighted by atomic mass is 10.0. The lowest BCUT2D eigenvalue weighted by Gasteiger charge is -2.34. The fraction of sp³-hybridized carbons (Fsp3) is 0.391. The number of Topliss-reactive ketones (excluding diaryl/α,β-unsaturated/α-hetero) is 1. The number of aromatic amines is 1. The monoisotopic (exact) mass is 379 g/mol. The molecule has 1 aliphatic heterocycles. The fourth-order valence-electron chi connectivity index (χ4n) is 3.88. The summed E-state index contributed by atoms with van der Waals surface area (Å²) in [5.74, 6) is 0.0200. The van der Waals surface area contributed by atoms with Crippen molar-refractivity contribution in [1.82, 2.24) is 14.8 Å². The zero-order valence-corrected chi connectivity index (χ0v) is 17.0. The Balaban J connectivity index is 1.59. The maximum atomic E-state index is 13.0. The maximum Gasteiger partial charge on any atom is 0.270 e. The fourth-order valence-corrected chi connectivity index (χ4v) is 3.88. The Labute approximate surface area is 167 Å². The highest BCUT2D eigenvalue weighted by Gasteiger charge is 2.27. The van der Waals surface area contributed by atoms with E-state index in [4.69, 9.17) is 0 Å². The van der Waals surface area contributed by atoms with Crippen LogP contribution in [0.1, 0.15) is 51.5 Å². The first-order chi connectivity index (χ1) is 13.5. The van der Waals surface area contributed by atoms with E-state index >= 15 is 0 Å². The third-order valence-corrected chi connectivity index (χ3v) is 5.34. The number of ketones is 1. The molecule has 148 valence electrons. The van der Waals surface area contributed by atoms with E-state index in [1.807, 2.05) is 36.9 Å². The van der Waals surface area contributed by atoms with Crippen LogP contribution in [0.15, 0.2) is 36.4 Å². The topological polar surface area (TPSA) is 56.4 Å². The number of aromatic nitrogens is 1. The van der Waals surface area contributed by atoms with Crippen molar-refractivity contribution in [1.29, 1.82) is 0 Å². The summed E-state index contributed by atoms with van der Waals surface area (Å²) < 4.78 is 0. The Bertz CT molecular complexity index is 859. The molecule has 28 heavy (non-hydrogen) atoms. The van der Waals surface area contributed by atoms with E-state index in [1.165, 1.54) is 5.56 Å². The van der Waals surface area contributed by atoms with Gasteiger partial charge in [-0.1, -0.05) is 49.4 Å². The van der Waals surface area contributed by atoms with Crippen molar-refractivity contribution in [2.24, 2.45) is 0 Å². The molecular formula is C23H29N3O2. The minimum Gasteiger partial charge on any atom is -0.354 e. The second kappa shape index (κ2) is 9.02. The molecule has 0 bridgehead atoms. The molecule has 0 unspecified atom stereocenters. The Morgan fingerprint density at radius 3 is 2.39 bits per heavy atom. The zero-order chi connectivity index (χ0) is 20.1. The summed E-state index contributed by atoms with van der Waals surface area (Å²) in [5, 5.41) is 0. The van der Waals surface area contributed by atoms with Gasteiger partial charge >= 0.3 is 0 Å². The highest BCUT2D eigenvalue weighted by atomic mass is 16.2. The molecule has 3 rings (SSSR count). The summed E-state index contributed by atoms with van der Waals surface area (Å²) in [4.78, 5) is 32.4. The average molecular weight is 380 g/mol. The molecule has 1 amide bonds. The predicted molar refractivity (Wildman–Crippen MR) is 113 cm³/mol. The molecule has 0 aliphatic carbocycles. The van der Waals surface area contributed by atoms with Crippen molar-refractivity contribution in [3.05, 3.63) is 64.5 Å². The highest BCUT2D eigenvalue weighted by Crippen LogP contribution is 2.22. The number of hydrogen-bond acceptors (Lipinski definition) is 3. The molecule has 5 heteroatoms. The number of piperazine rings is 1. The van der Waals surface area contributed by atoms with Gasteiger partial charge in [-0.2, -0.15) is 0 Å². The largest absolute Gasteiger partial charge is 0.354 e. The molecule has 1 saturated heterocycles. The van der Waals surface area contributed by atoms with Gasteiger partial charge in [0.15, 0.2) is 5.78 Å². The number of carbonyl (C=O) groups excluding carboxylic acids is 2. The van der Waals surface area contributed by atoms with Crippen molar-refractivity contribution >= 4 is 17.8 Å². The molecule has 1 aromatic heterocycles. The summed E-state index contributed by atoms with van der Waals surface area (Å²) in [6, 6.07) is 10.3. The Morgan fingerprint density at radius 1 is 1.11 bits per heavy atom. The van der Waals surface area contributed by atoms with Crippen molar-refractivity contribution in [2.45, 2.75) is 27.2 Å². The van der Waals surface area contributed by atoms with E-state index < -0.39 is 0 Å². The van der Waals surface area contributed by atoms with Crippen LogP contribution in [-0.4, -0.2) is 59.2 Å². The minimum atomic E-state index is 0.00641. The average Bonchev–Trinajstić information content (AvgIpc) is 3.05. The van der Waals surface area contributed by atoms with Gasteiger partial charge in [-0.3, -0.25) is 14.5 Å². The number of aryl methyl sites for hydroxylation is 1. The van der Waals surface area contributed by atoms with Gasteiger partial charge in [0, 0.05) is 44.0 Å². The number of nitrogens with zero attached hydrogens (tertiary/aromatic N) is 2. The minimum absolute atomic E-state index is 0.00641. The summed E-state index contributed by atoms with van der Waals surface area (Å²) in [6.45, 7) is 9.41. The first kappa shape index (κ1) is 20.1. The lowest BCUT2D eigenvalue weighted by molar-refractivity contribution is 0.0644. The van der Waals surface area contributed by atoms with Crippen LogP contribution < -0.4 is 0 Å². The number of H-pyrrole nitrogens is 1. The van der Waals surface area contributed by atoms with Crippen molar-refractivity contribution in [2.75, 3.05) is 32.7 Å². The second-order valence-electron chi connectivity index (χ2n) is 7.29. The first-order valence-electron chi connectivity index (χ1n) is 9.96. The maximum absolute atomic E-state index is 13.0. The SMILES string of the molecule is CCc1c(C(=O)N2CCN(C/C=C/c3ccccc3)CC2)[nH]c(C)c1C(C)=O. The van der Waals surface area contributed by atoms with Crippen LogP contribution in [0, 0.1) is 6.92 Å². The van der Waals surface area contributed by atoms with Crippen molar-refractivity contribution in [3.8, 4) is 0 Å². The Morgan fingerprint density at radius 2 is 1.79 bits per heavy atom. The van der Waals surface area contributed by atoms with E-state index in [0.717, 1.165) is 30.9 Å². The molecule has 1 aliphatic rings. The van der Waals surface area contributed by atoms with Crippen LogP contribution in [0.3, 0.4) is 0 Å². The van der Waals surface area contributed by atoms with Gasteiger partial charge in [-0.05, 0) is 31.4 Å². The summed E-state index contributed by atoms with van der Waals surface area (Å²) in [6.07, 6.45) is 4.98. The van der Waals surface area contributed by atoms with Gasteiger partial charge < -0.3 is 9.88 Å².